The van der Waals surface area contributed by atoms with Gasteiger partial charge in [0.15, 0.2) is 0 Å². The van der Waals surface area contributed by atoms with Crippen LogP contribution >= 0.6 is 0 Å². The second-order valence-corrected chi connectivity index (χ2v) is 4.42. The Labute approximate surface area is 97.1 Å². The van der Waals surface area contributed by atoms with Gasteiger partial charge in [-0.3, -0.25) is 0 Å². The summed E-state index contributed by atoms with van der Waals surface area (Å²) in [6, 6.07) is 2.11. The molecule has 1 unspecified atom stereocenters. The Morgan fingerprint density at radius 2 is 2.38 bits per heavy atom. The van der Waals surface area contributed by atoms with Crippen LogP contribution in [-0.4, -0.2) is 15.1 Å². The Bertz CT molecular complexity index is 359. The molecule has 0 amide bonds. The van der Waals surface area contributed by atoms with Crippen molar-refractivity contribution in [2.75, 3.05) is 0 Å². The van der Waals surface area contributed by atoms with Crippen LogP contribution in [0.4, 0.5) is 0 Å². The molecule has 0 bridgehead atoms. The molecule has 0 saturated carbocycles. The van der Waals surface area contributed by atoms with E-state index in [2.05, 4.69) is 22.5 Å². The summed E-state index contributed by atoms with van der Waals surface area (Å²) in [7, 11) is 0. The van der Waals surface area contributed by atoms with Gasteiger partial charge in [-0.1, -0.05) is 6.92 Å². The van der Waals surface area contributed by atoms with Crippen molar-refractivity contribution in [3.63, 3.8) is 0 Å². The molecule has 1 heterocycles. The van der Waals surface area contributed by atoms with Crippen LogP contribution in [0.5, 0.6) is 0 Å². The number of nitrogens with two attached hydrogens (primary N) is 1. The lowest BCUT2D eigenvalue weighted by molar-refractivity contribution is 0.482. The maximum atomic E-state index is 8.80. The smallest absolute Gasteiger partial charge is 0.108 e. The molecule has 1 rings (SSSR count). The highest BCUT2D eigenvalue weighted by Gasteiger charge is 2.16. The number of hydrogen-bond donors (Lipinski definition) is 1. The molecule has 0 aliphatic heterocycles. The molecule has 0 radical (unpaired) electrons. The lowest BCUT2D eigenvalue weighted by Gasteiger charge is -2.15. The highest BCUT2D eigenvalue weighted by molar-refractivity contribution is 5.00. The molecule has 4 heteroatoms. The van der Waals surface area contributed by atoms with E-state index in [0.29, 0.717) is 6.42 Å². The van der Waals surface area contributed by atoms with Crippen LogP contribution in [0.1, 0.15) is 38.9 Å². The van der Waals surface area contributed by atoms with Crippen LogP contribution in [-0.2, 0) is 13.0 Å². The summed E-state index contributed by atoms with van der Waals surface area (Å²) < 4.78 is 2.15. The standard InChI is InChI=1S/C12H20N4/c1-3-5-11-15-7-9-16(11)8-4-6-12(2,14)10-13/h7,9H,3-6,8,14H2,1-2H3. The van der Waals surface area contributed by atoms with Crippen molar-refractivity contribution in [3.8, 4) is 6.07 Å². The second kappa shape index (κ2) is 5.66. The first kappa shape index (κ1) is 12.7. The van der Waals surface area contributed by atoms with Gasteiger partial charge in [0, 0.05) is 25.4 Å². The van der Waals surface area contributed by atoms with Gasteiger partial charge in [0.2, 0.25) is 0 Å². The Morgan fingerprint density at radius 3 is 3.00 bits per heavy atom. The van der Waals surface area contributed by atoms with E-state index in [-0.39, 0.29) is 0 Å². The summed E-state index contributed by atoms with van der Waals surface area (Å²) in [6.45, 7) is 4.81. The van der Waals surface area contributed by atoms with Gasteiger partial charge in [-0.2, -0.15) is 5.26 Å². The minimum absolute atomic E-state index is 0.703. The first-order chi connectivity index (χ1) is 7.59. The largest absolute Gasteiger partial charge is 0.335 e. The van der Waals surface area contributed by atoms with Gasteiger partial charge in [0.1, 0.15) is 11.4 Å². The predicted octanol–water partition coefficient (Wildman–Crippen LogP) is 1.86. The Balaban J connectivity index is 2.43. The van der Waals surface area contributed by atoms with E-state index in [4.69, 9.17) is 11.0 Å². The topological polar surface area (TPSA) is 67.6 Å². The molecule has 2 N–H and O–H groups in total. The van der Waals surface area contributed by atoms with Crippen LogP contribution in [0.3, 0.4) is 0 Å². The number of nitriles is 1. The average molecular weight is 220 g/mol. The average Bonchev–Trinajstić information content (AvgIpc) is 2.66. The third-order valence-corrected chi connectivity index (χ3v) is 2.63. The van der Waals surface area contributed by atoms with Crippen molar-refractivity contribution in [1.29, 1.82) is 5.26 Å². The lowest BCUT2D eigenvalue weighted by atomic mass is 9.99. The first-order valence-electron chi connectivity index (χ1n) is 5.79. The highest BCUT2D eigenvalue weighted by atomic mass is 15.1. The monoisotopic (exact) mass is 220 g/mol. The van der Waals surface area contributed by atoms with E-state index in [1.807, 2.05) is 12.4 Å². The maximum Gasteiger partial charge on any atom is 0.108 e. The Morgan fingerprint density at radius 1 is 1.62 bits per heavy atom. The molecule has 0 spiro atoms. The van der Waals surface area contributed by atoms with E-state index in [0.717, 1.165) is 31.6 Å². The number of imidazole rings is 1. The van der Waals surface area contributed by atoms with E-state index in [1.165, 1.54) is 0 Å². The third kappa shape index (κ3) is 3.67. The summed E-state index contributed by atoms with van der Waals surface area (Å²) in [5.74, 6) is 1.12. The number of hydrogen-bond acceptors (Lipinski definition) is 3. The van der Waals surface area contributed by atoms with E-state index in [1.54, 1.807) is 6.92 Å². The Hall–Kier alpha value is -1.34. The molecule has 0 aliphatic carbocycles. The Kier molecular flexibility index (Phi) is 4.51. The minimum Gasteiger partial charge on any atom is -0.335 e. The predicted molar refractivity (Wildman–Crippen MR) is 63.7 cm³/mol. The first-order valence-corrected chi connectivity index (χ1v) is 5.79. The van der Waals surface area contributed by atoms with Crippen LogP contribution in [0.2, 0.25) is 0 Å². The molecular formula is C12H20N4. The summed E-state index contributed by atoms with van der Waals surface area (Å²) >= 11 is 0. The SMILES string of the molecule is CCCc1nccn1CCCC(C)(N)C#N. The maximum absolute atomic E-state index is 8.80. The van der Waals surface area contributed by atoms with Crippen LogP contribution in [0.25, 0.3) is 0 Å². The number of nitrogens with zero attached hydrogens (tertiary/aromatic N) is 3. The van der Waals surface area contributed by atoms with Gasteiger partial charge in [0.05, 0.1) is 6.07 Å². The molecule has 0 aromatic carbocycles. The molecule has 1 atom stereocenters. The van der Waals surface area contributed by atoms with Crippen molar-refractivity contribution in [1.82, 2.24) is 9.55 Å². The van der Waals surface area contributed by atoms with Gasteiger partial charge in [-0.15, -0.1) is 0 Å². The highest BCUT2D eigenvalue weighted by Crippen LogP contribution is 2.10. The van der Waals surface area contributed by atoms with E-state index in [9.17, 15) is 0 Å². The van der Waals surface area contributed by atoms with Crippen LogP contribution in [0.15, 0.2) is 12.4 Å². The van der Waals surface area contributed by atoms with Gasteiger partial charge >= 0.3 is 0 Å². The van der Waals surface area contributed by atoms with Gasteiger partial charge < -0.3 is 10.3 Å². The van der Waals surface area contributed by atoms with Gasteiger partial charge in [-0.25, -0.2) is 4.98 Å². The van der Waals surface area contributed by atoms with Crippen LogP contribution < -0.4 is 5.73 Å². The van der Waals surface area contributed by atoms with Gasteiger partial charge in [-0.05, 0) is 26.2 Å². The number of rotatable bonds is 6. The van der Waals surface area contributed by atoms with E-state index < -0.39 is 5.54 Å². The molecule has 0 fully saturated rings. The fourth-order valence-corrected chi connectivity index (χ4v) is 1.67. The zero-order valence-electron chi connectivity index (χ0n) is 10.1. The zero-order valence-corrected chi connectivity index (χ0v) is 10.1. The second-order valence-electron chi connectivity index (χ2n) is 4.42. The summed E-state index contributed by atoms with van der Waals surface area (Å²) in [5.41, 5.74) is 5.06. The lowest BCUT2D eigenvalue weighted by Crippen LogP contribution is -2.34. The number of aromatic nitrogens is 2. The molecule has 1 aromatic rings. The summed E-state index contributed by atoms with van der Waals surface area (Å²) in [6.07, 6.45) is 7.55. The fraction of sp³-hybridized carbons (Fsp3) is 0.667. The molecule has 1 aromatic heterocycles. The third-order valence-electron chi connectivity index (χ3n) is 2.63. The fourth-order valence-electron chi connectivity index (χ4n) is 1.67. The molecule has 0 aliphatic rings. The van der Waals surface area contributed by atoms with Crippen LogP contribution in [0, 0.1) is 11.3 Å². The molecule has 0 saturated heterocycles. The summed E-state index contributed by atoms with van der Waals surface area (Å²) in [5, 5.41) is 8.80. The molecule has 88 valence electrons. The van der Waals surface area contributed by atoms with Crippen molar-refractivity contribution in [2.24, 2.45) is 5.73 Å². The molecule has 16 heavy (non-hydrogen) atoms. The van der Waals surface area contributed by atoms with Gasteiger partial charge in [0.25, 0.3) is 0 Å². The molecule has 4 nitrogen and oxygen atoms in total. The molecular weight excluding hydrogens is 200 g/mol. The van der Waals surface area contributed by atoms with E-state index >= 15 is 0 Å². The van der Waals surface area contributed by atoms with Crippen molar-refractivity contribution >= 4 is 0 Å². The number of aryl methyl sites for hydroxylation is 2. The zero-order chi connectivity index (χ0) is 12.0. The minimum atomic E-state index is -0.703. The van der Waals surface area contributed by atoms with Crippen molar-refractivity contribution in [3.05, 3.63) is 18.2 Å². The van der Waals surface area contributed by atoms with Crippen molar-refractivity contribution in [2.45, 2.75) is 51.6 Å². The summed E-state index contributed by atoms with van der Waals surface area (Å²) in [4.78, 5) is 4.31. The normalized spacial score (nSPS) is 14.4. The quantitative estimate of drug-likeness (QED) is 0.795. The van der Waals surface area contributed by atoms with Crippen molar-refractivity contribution < 1.29 is 0 Å².